The van der Waals surface area contributed by atoms with E-state index in [9.17, 15) is 0 Å². The smallest absolute Gasteiger partial charge is 0.0797 e. The zero-order valence-corrected chi connectivity index (χ0v) is 12.3. The van der Waals surface area contributed by atoms with E-state index in [0.717, 1.165) is 19.5 Å². The van der Waals surface area contributed by atoms with Crippen molar-refractivity contribution in [1.82, 2.24) is 15.2 Å². The average Bonchev–Trinajstić information content (AvgIpc) is 2.68. The van der Waals surface area contributed by atoms with Gasteiger partial charge in [-0.1, -0.05) is 0 Å². The van der Waals surface area contributed by atoms with Crippen LogP contribution in [0, 0.1) is 6.92 Å². The summed E-state index contributed by atoms with van der Waals surface area (Å²) < 4.78 is 0. The van der Waals surface area contributed by atoms with Crippen LogP contribution in [-0.2, 0) is 6.42 Å². The van der Waals surface area contributed by atoms with Crippen LogP contribution >= 0.6 is 11.3 Å². The van der Waals surface area contributed by atoms with Gasteiger partial charge in [0.15, 0.2) is 0 Å². The Hall–Kier alpha value is -0.450. The van der Waals surface area contributed by atoms with E-state index in [1.165, 1.54) is 23.5 Å². The van der Waals surface area contributed by atoms with E-state index in [2.05, 4.69) is 43.0 Å². The number of nitrogens with zero attached hydrogens (tertiary/aromatic N) is 2. The lowest BCUT2D eigenvalue weighted by Crippen LogP contribution is -2.30. The summed E-state index contributed by atoms with van der Waals surface area (Å²) >= 11 is 1.76. The fraction of sp³-hybridized carbons (Fsp3) is 0.769. The summed E-state index contributed by atoms with van der Waals surface area (Å²) in [5.41, 5.74) is 3.12. The molecule has 3 nitrogen and oxygen atoms in total. The lowest BCUT2D eigenvalue weighted by molar-refractivity contribution is 0.269. The van der Waals surface area contributed by atoms with Crippen molar-refractivity contribution in [2.24, 2.45) is 0 Å². The van der Waals surface area contributed by atoms with Crippen LogP contribution in [0.2, 0.25) is 0 Å². The molecule has 0 saturated carbocycles. The summed E-state index contributed by atoms with van der Waals surface area (Å²) in [5, 5.41) is 3.50. The van der Waals surface area contributed by atoms with Gasteiger partial charge >= 0.3 is 0 Å². The van der Waals surface area contributed by atoms with Crippen LogP contribution in [0.1, 0.15) is 30.8 Å². The predicted octanol–water partition coefficient (Wildman–Crippen LogP) is 2.31. The standard InChI is InChI=1S/C13H25N3S/c1-11(2)16(4)9-5-7-14-8-6-13-12(3)15-10-17-13/h10-11,14H,5-9H2,1-4H3. The molecule has 1 aromatic heterocycles. The first-order chi connectivity index (χ1) is 8.11. The summed E-state index contributed by atoms with van der Waals surface area (Å²) in [6.45, 7) is 9.90. The molecule has 0 radical (unpaired) electrons. The highest BCUT2D eigenvalue weighted by Gasteiger charge is 2.02. The van der Waals surface area contributed by atoms with Crippen LogP contribution < -0.4 is 5.32 Å². The minimum Gasteiger partial charge on any atom is -0.316 e. The van der Waals surface area contributed by atoms with E-state index in [-0.39, 0.29) is 0 Å². The van der Waals surface area contributed by atoms with Crippen molar-refractivity contribution in [3.8, 4) is 0 Å². The molecular formula is C13H25N3S. The molecule has 0 atom stereocenters. The third-order valence-corrected chi connectivity index (χ3v) is 4.11. The molecule has 0 aliphatic carbocycles. The van der Waals surface area contributed by atoms with Gasteiger partial charge in [-0.15, -0.1) is 11.3 Å². The van der Waals surface area contributed by atoms with Gasteiger partial charge in [-0.2, -0.15) is 0 Å². The molecule has 98 valence electrons. The van der Waals surface area contributed by atoms with Gasteiger partial charge in [0, 0.05) is 17.5 Å². The topological polar surface area (TPSA) is 28.2 Å². The monoisotopic (exact) mass is 255 g/mol. The number of hydrogen-bond donors (Lipinski definition) is 1. The lowest BCUT2D eigenvalue weighted by Gasteiger charge is -2.20. The highest BCUT2D eigenvalue weighted by molar-refractivity contribution is 7.09. The van der Waals surface area contributed by atoms with Crippen molar-refractivity contribution in [2.45, 2.75) is 39.7 Å². The second-order valence-electron chi connectivity index (χ2n) is 4.79. The van der Waals surface area contributed by atoms with Crippen molar-refractivity contribution < 1.29 is 0 Å². The molecule has 1 aromatic rings. The second kappa shape index (κ2) is 7.80. The molecule has 0 bridgehead atoms. The molecule has 1 heterocycles. The molecule has 1 N–H and O–H groups in total. The van der Waals surface area contributed by atoms with Gasteiger partial charge in [0.1, 0.15) is 0 Å². The Morgan fingerprint density at radius 3 is 2.76 bits per heavy atom. The summed E-state index contributed by atoms with van der Waals surface area (Å²) in [4.78, 5) is 8.06. The van der Waals surface area contributed by atoms with Crippen molar-refractivity contribution in [3.05, 3.63) is 16.1 Å². The van der Waals surface area contributed by atoms with Crippen LogP contribution in [0.5, 0.6) is 0 Å². The van der Waals surface area contributed by atoms with Crippen LogP contribution in [0.3, 0.4) is 0 Å². The van der Waals surface area contributed by atoms with E-state index >= 15 is 0 Å². The third kappa shape index (κ3) is 5.61. The minimum absolute atomic E-state index is 0.648. The van der Waals surface area contributed by atoms with Gasteiger partial charge in [0.2, 0.25) is 0 Å². The largest absolute Gasteiger partial charge is 0.316 e. The van der Waals surface area contributed by atoms with Crippen LogP contribution in [0.25, 0.3) is 0 Å². The zero-order chi connectivity index (χ0) is 12.7. The van der Waals surface area contributed by atoms with E-state index in [1.54, 1.807) is 11.3 Å². The maximum atomic E-state index is 4.26. The van der Waals surface area contributed by atoms with Crippen LogP contribution in [-0.4, -0.2) is 42.6 Å². The quantitative estimate of drug-likeness (QED) is 0.723. The highest BCUT2D eigenvalue weighted by Crippen LogP contribution is 2.11. The molecule has 1 rings (SSSR count). The minimum atomic E-state index is 0.648. The van der Waals surface area contributed by atoms with E-state index in [4.69, 9.17) is 0 Å². The first kappa shape index (κ1) is 14.6. The Morgan fingerprint density at radius 1 is 1.41 bits per heavy atom. The zero-order valence-electron chi connectivity index (χ0n) is 11.5. The van der Waals surface area contributed by atoms with Crippen LogP contribution in [0.4, 0.5) is 0 Å². The Kier molecular flexibility index (Phi) is 6.70. The van der Waals surface area contributed by atoms with Gasteiger partial charge < -0.3 is 10.2 Å². The number of rotatable bonds is 8. The molecule has 17 heavy (non-hydrogen) atoms. The first-order valence-corrected chi connectivity index (χ1v) is 7.29. The summed E-state index contributed by atoms with van der Waals surface area (Å²) in [7, 11) is 2.19. The number of nitrogens with one attached hydrogen (secondary N) is 1. The molecule has 0 aromatic carbocycles. The van der Waals surface area contributed by atoms with Crippen molar-refractivity contribution in [2.75, 3.05) is 26.7 Å². The van der Waals surface area contributed by atoms with E-state index < -0.39 is 0 Å². The molecule has 0 spiro atoms. The molecule has 0 amide bonds. The Morgan fingerprint density at radius 2 is 2.18 bits per heavy atom. The molecule has 4 heteroatoms. The Bertz CT molecular complexity index is 309. The summed E-state index contributed by atoms with van der Waals surface area (Å²) in [5.74, 6) is 0. The van der Waals surface area contributed by atoms with Crippen molar-refractivity contribution >= 4 is 11.3 Å². The molecule has 0 fully saturated rings. The number of hydrogen-bond acceptors (Lipinski definition) is 4. The maximum Gasteiger partial charge on any atom is 0.0797 e. The second-order valence-corrected chi connectivity index (χ2v) is 5.73. The molecule has 0 unspecified atom stereocenters. The van der Waals surface area contributed by atoms with Gasteiger partial charge in [-0.05, 0) is 53.8 Å². The number of thiazole rings is 1. The van der Waals surface area contributed by atoms with E-state index in [1.807, 2.05) is 5.51 Å². The summed E-state index contributed by atoms with van der Waals surface area (Å²) in [6.07, 6.45) is 2.33. The van der Waals surface area contributed by atoms with Crippen molar-refractivity contribution in [1.29, 1.82) is 0 Å². The van der Waals surface area contributed by atoms with E-state index in [0.29, 0.717) is 6.04 Å². The van der Waals surface area contributed by atoms with Crippen LogP contribution in [0.15, 0.2) is 5.51 Å². The fourth-order valence-corrected chi connectivity index (χ4v) is 2.39. The SMILES string of the molecule is Cc1ncsc1CCNCCCN(C)C(C)C. The highest BCUT2D eigenvalue weighted by atomic mass is 32.1. The van der Waals surface area contributed by atoms with Crippen molar-refractivity contribution in [3.63, 3.8) is 0 Å². The number of aryl methyl sites for hydroxylation is 1. The maximum absolute atomic E-state index is 4.26. The Labute approximate surface area is 109 Å². The van der Waals surface area contributed by atoms with Gasteiger partial charge in [-0.25, -0.2) is 4.98 Å². The molecule has 0 aliphatic heterocycles. The predicted molar refractivity (Wildman–Crippen MR) is 75.8 cm³/mol. The first-order valence-electron chi connectivity index (χ1n) is 6.41. The third-order valence-electron chi connectivity index (χ3n) is 3.12. The molecular weight excluding hydrogens is 230 g/mol. The normalized spacial score (nSPS) is 11.6. The fourth-order valence-electron chi connectivity index (χ4n) is 1.60. The number of aromatic nitrogens is 1. The molecule has 0 aliphatic rings. The molecule has 0 saturated heterocycles. The van der Waals surface area contributed by atoms with Gasteiger partial charge in [-0.3, -0.25) is 0 Å². The summed E-state index contributed by atoms with van der Waals surface area (Å²) in [6, 6.07) is 0.648. The Balaban J connectivity index is 2.00. The lowest BCUT2D eigenvalue weighted by atomic mass is 10.3. The average molecular weight is 255 g/mol. The van der Waals surface area contributed by atoms with Gasteiger partial charge in [0.05, 0.1) is 11.2 Å². The van der Waals surface area contributed by atoms with Gasteiger partial charge in [0.25, 0.3) is 0 Å².